The number of carbonyl (C=O) groups is 2. The number of carbonyl (C=O) groups excluding carboxylic acids is 2. The van der Waals surface area contributed by atoms with Gasteiger partial charge in [-0.15, -0.1) is 0 Å². The minimum Gasteiger partial charge on any atom is -0.494 e. The Morgan fingerprint density at radius 2 is 1.31 bits per heavy atom. The van der Waals surface area contributed by atoms with Gasteiger partial charge < -0.3 is 14.2 Å². The van der Waals surface area contributed by atoms with Gasteiger partial charge in [-0.05, 0) is 54.8 Å². The highest BCUT2D eigenvalue weighted by atomic mass is 35.5. The number of unbranched alkanes of at least 4 members (excludes halogenated alkanes) is 11. The first kappa shape index (κ1) is 32.7. The van der Waals surface area contributed by atoms with Gasteiger partial charge in [-0.3, -0.25) is 0 Å². The zero-order valence-corrected chi connectivity index (χ0v) is 24.9. The molecule has 39 heavy (non-hydrogen) atoms. The molecular formula is C33H47ClO5. The van der Waals surface area contributed by atoms with Crippen LogP contribution in [-0.4, -0.2) is 25.2 Å². The van der Waals surface area contributed by atoms with Crippen LogP contribution in [0.2, 0.25) is 5.02 Å². The number of hydrogen-bond acceptors (Lipinski definition) is 5. The predicted octanol–water partition coefficient (Wildman–Crippen LogP) is 9.84. The molecule has 0 saturated heterocycles. The average Bonchev–Trinajstić information content (AvgIpc) is 2.94. The minimum absolute atomic E-state index is 0.256. The summed E-state index contributed by atoms with van der Waals surface area (Å²) in [7, 11) is 0. The third-order valence-corrected chi connectivity index (χ3v) is 7.24. The topological polar surface area (TPSA) is 61.8 Å². The summed E-state index contributed by atoms with van der Waals surface area (Å²) < 4.78 is 16.6. The van der Waals surface area contributed by atoms with Crippen LogP contribution in [0.4, 0.5) is 0 Å². The molecule has 0 N–H and O–H groups in total. The lowest BCUT2D eigenvalue weighted by atomic mass is 10.1. The van der Waals surface area contributed by atoms with Gasteiger partial charge in [0.15, 0.2) is 0 Å². The lowest BCUT2D eigenvalue weighted by Crippen LogP contribution is -2.12. The zero-order chi connectivity index (χ0) is 28.3. The Morgan fingerprint density at radius 1 is 0.744 bits per heavy atom. The van der Waals surface area contributed by atoms with Gasteiger partial charge in [0, 0.05) is 0 Å². The molecule has 2 rings (SSSR count). The maximum Gasteiger partial charge on any atom is 0.345 e. The summed E-state index contributed by atoms with van der Waals surface area (Å²) in [6.07, 6.45) is 16.5. The van der Waals surface area contributed by atoms with E-state index in [9.17, 15) is 9.59 Å². The van der Waals surface area contributed by atoms with Crippen molar-refractivity contribution in [1.82, 2.24) is 0 Å². The first-order valence-electron chi connectivity index (χ1n) is 14.9. The quantitative estimate of drug-likeness (QED) is 0.0918. The van der Waals surface area contributed by atoms with E-state index in [2.05, 4.69) is 13.8 Å². The second kappa shape index (κ2) is 19.5. The van der Waals surface area contributed by atoms with Crippen molar-refractivity contribution >= 4 is 23.5 Å². The molecule has 2 aromatic carbocycles. The molecule has 0 unspecified atom stereocenters. The molecule has 216 valence electrons. The van der Waals surface area contributed by atoms with Crippen molar-refractivity contribution < 1.29 is 23.8 Å². The van der Waals surface area contributed by atoms with Gasteiger partial charge in [0.05, 0.1) is 29.4 Å². The third kappa shape index (κ3) is 13.4. The van der Waals surface area contributed by atoms with Gasteiger partial charge >= 0.3 is 11.9 Å². The summed E-state index contributed by atoms with van der Waals surface area (Å²) in [5.41, 5.74) is 0.664. The summed E-state index contributed by atoms with van der Waals surface area (Å²) in [5.74, 6) is 0.307. The molecule has 0 radical (unpaired) electrons. The fourth-order valence-corrected chi connectivity index (χ4v) is 4.37. The Morgan fingerprint density at radius 3 is 1.87 bits per heavy atom. The van der Waals surface area contributed by atoms with Gasteiger partial charge in [-0.25, -0.2) is 9.59 Å². The summed E-state index contributed by atoms with van der Waals surface area (Å²) in [4.78, 5) is 24.8. The van der Waals surface area contributed by atoms with E-state index in [1.807, 2.05) is 6.92 Å². The van der Waals surface area contributed by atoms with Gasteiger partial charge in [0.1, 0.15) is 11.5 Å². The molecule has 0 aliphatic carbocycles. The van der Waals surface area contributed by atoms with Crippen molar-refractivity contribution in [3.05, 3.63) is 58.6 Å². The smallest absolute Gasteiger partial charge is 0.345 e. The van der Waals surface area contributed by atoms with Crippen LogP contribution in [0.25, 0.3) is 0 Å². The van der Waals surface area contributed by atoms with Crippen molar-refractivity contribution in [3.63, 3.8) is 0 Å². The number of esters is 2. The van der Waals surface area contributed by atoms with Crippen LogP contribution in [-0.2, 0) is 4.74 Å². The molecule has 0 spiro atoms. The first-order chi connectivity index (χ1) is 18.9. The van der Waals surface area contributed by atoms with Crippen LogP contribution >= 0.6 is 11.6 Å². The van der Waals surface area contributed by atoms with E-state index in [0.29, 0.717) is 36.2 Å². The molecule has 0 aromatic heterocycles. The Balaban J connectivity index is 1.65. The van der Waals surface area contributed by atoms with Crippen LogP contribution in [0.5, 0.6) is 11.5 Å². The standard InChI is InChI=1S/C33H47ClO5/c1-4-6-7-8-9-10-11-12-13-14-15-16-23-37-29-21-22-30(31(34)24-29)33(36)39-28-19-17-27(18-20-28)32(35)38-25-26(3)5-2/h17-22,24,26H,4-16,23,25H2,1-3H3/t26-/m0/s1. The fourth-order valence-electron chi connectivity index (χ4n) is 4.12. The van der Waals surface area contributed by atoms with E-state index in [4.69, 9.17) is 25.8 Å². The normalized spacial score (nSPS) is 11.7. The van der Waals surface area contributed by atoms with Gasteiger partial charge in [-0.1, -0.05) is 109 Å². The lowest BCUT2D eigenvalue weighted by Gasteiger charge is -2.11. The monoisotopic (exact) mass is 558 g/mol. The second-order valence-corrected chi connectivity index (χ2v) is 10.8. The Hall–Kier alpha value is -2.53. The van der Waals surface area contributed by atoms with Gasteiger partial charge in [0.2, 0.25) is 0 Å². The van der Waals surface area contributed by atoms with Crippen molar-refractivity contribution in [3.8, 4) is 11.5 Å². The van der Waals surface area contributed by atoms with Crippen LogP contribution in [0.1, 0.15) is 125 Å². The minimum atomic E-state index is -0.570. The summed E-state index contributed by atoms with van der Waals surface area (Å²) >= 11 is 6.35. The maximum atomic E-state index is 12.6. The molecule has 2 aromatic rings. The van der Waals surface area contributed by atoms with Crippen LogP contribution < -0.4 is 9.47 Å². The predicted molar refractivity (Wildman–Crippen MR) is 159 cm³/mol. The van der Waals surface area contributed by atoms with Gasteiger partial charge in [0.25, 0.3) is 0 Å². The largest absolute Gasteiger partial charge is 0.494 e. The van der Waals surface area contributed by atoms with E-state index >= 15 is 0 Å². The highest BCUT2D eigenvalue weighted by Crippen LogP contribution is 2.25. The molecular weight excluding hydrogens is 512 g/mol. The molecule has 1 atom stereocenters. The second-order valence-electron chi connectivity index (χ2n) is 10.4. The maximum absolute atomic E-state index is 12.6. The Bertz CT molecular complexity index is 973. The Kier molecular flexibility index (Phi) is 16.4. The van der Waals surface area contributed by atoms with Crippen molar-refractivity contribution in [2.45, 2.75) is 104 Å². The van der Waals surface area contributed by atoms with E-state index in [-0.39, 0.29) is 10.6 Å². The van der Waals surface area contributed by atoms with Crippen molar-refractivity contribution in [2.75, 3.05) is 13.2 Å². The van der Waals surface area contributed by atoms with E-state index in [0.717, 1.165) is 19.3 Å². The zero-order valence-electron chi connectivity index (χ0n) is 24.1. The molecule has 6 heteroatoms. The van der Waals surface area contributed by atoms with Crippen LogP contribution in [0.15, 0.2) is 42.5 Å². The van der Waals surface area contributed by atoms with Gasteiger partial charge in [-0.2, -0.15) is 0 Å². The fraction of sp³-hybridized carbons (Fsp3) is 0.576. The van der Waals surface area contributed by atoms with E-state index in [1.165, 1.54) is 64.2 Å². The average molecular weight is 559 g/mol. The van der Waals surface area contributed by atoms with Crippen molar-refractivity contribution in [2.24, 2.45) is 5.92 Å². The molecule has 0 saturated carbocycles. The third-order valence-electron chi connectivity index (χ3n) is 6.92. The van der Waals surface area contributed by atoms with Crippen molar-refractivity contribution in [1.29, 1.82) is 0 Å². The lowest BCUT2D eigenvalue weighted by molar-refractivity contribution is 0.0447. The number of ether oxygens (including phenoxy) is 3. The SMILES string of the molecule is CCCCCCCCCCCCCCOc1ccc(C(=O)Oc2ccc(C(=O)OC[C@@H](C)CC)cc2)c(Cl)c1. The summed E-state index contributed by atoms with van der Waals surface area (Å²) in [5, 5.41) is 0.275. The highest BCUT2D eigenvalue weighted by molar-refractivity contribution is 6.33. The molecule has 0 fully saturated rings. The number of hydrogen-bond donors (Lipinski definition) is 0. The Labute approximate surface area is 240 Å². The summed E-state index contributed by atoms with van der Waals surface area (Å²) in [6.45, 7) is 7.34. The first-order valence-corrected chi connectivity index (χ1v) is 15.2. The van der Waals surface area contributed by atoms with Crippen LogP contribution in [0, 0.1) is 5.92 Å². The molecule has 0 amide bonds. The number of benzene rings is 2. The summed E-state index contributed by atoms with van der Waals surface area (Å²) in [6, 6.07) is 11.3. The van der Waals surface area contributed by atoms with E-state index < -0.39 is 11.9 Å². The molecule has 0 aliphatic heterocycles. The number of halogens is 1. The molecule has 0 bridgehead atoms. The van der Waals surface area contributed by atoms with E-state index in [1.54, 1.807) is 42.5 Å². The van der Waals surface area contributed by atoms with Crippen LogP contribution in [0.3, 0.4) is 0 Å². The highest BCUT2D eigenvalue weighted by Gasteiger charge is 2.15. The molecule has 5 nitrogen and oxygen atoms in total. The number of rotatable bonds is 20. The molecule has 0 aliphatic rings. The molecule has 0 heterocycles.